The molecule has 3 heterocycles. The molecule has 0 spiro atoms. The van der Waals surface area contributed by atoms with Crippen LogP contribution in [0.1, 0.15) is 24.8 Å². The SMILES string of the molecule is Cl.NC[C@H]1CCN(C(=O)Nc2ccn(-c3ccc(CN4CCC(N)CC4)cc3)c(=O)n2)C1. The lowest BCUT2D eigenvalue weighted by atomic mass is 10.1. The molecule has 0 aliphatic carbocycles. The first-order valence-electron chi connectivity index (χ1n) is 10.9. The molecular formula is C22H32ClN7O2. The number of nitrogens with two attached hydrogens (primary N) is 2. The molecule has 10 heteroatoms. The number of rotatable bonds is 5. The number of halogens is 1. The summed E-state index contributed by atoms with van der Waals surface area (Å²) in [5.74, 6) is 0.588. The molecule has 5 N–H and O–H groups in total. The van der Waals surface area contributed by atoms with E-state index in [1.807, 2.05) is 24.3 Å². The largest absolute Gasteiger partial charge is 0.354 e. The van der Waals surface area contributed by atoms with Crippen molar-refractivity contribution >= 4 is 24.3 Å². The predicted molar refractivity (Wildman–Crippen MR) is 127 cm³/mol. The van der Waals surface area contributed by atoms with Gasteiger partial charge in [0.1, 0.15) is 5.82 Å². The fraction of sp³-hybridized carbons (Fsp3) is 0.500. The summed E-state index contributed by atoms with van der Waals surface area (Å²) >= 11 is 0. The Labute approximate surface area is 194 Å². The Morgan fingerprint density at radius 3 is 2.44 bits per heavy atom. The van der Waals surface area contributed by atoms with Gasteiger partial charge in [-0.1, -0.05) is 12.1 Å². The number of hydrogen-bond donors (Lipinski definition) is 3. The van der Waals surface area contributed by atoms with Crippen molar-refractivity contribution in [2.75, 3.05) is 38.0 Å². The van der Waals surface area contributed by atoms with Crippen molar-refractivity contribution < 1.29 is 4.79 Å². The molecule has 0 saturated carbocycles. The lowest BCUT2D eigenvalue weighted by molar-refractivity contribution is 0.205. The molecule has 0 unspecified atom stereocenters. The van der Waals surface area contributed by atoms with Crippen LogP contribution in [0.15, 0.2) is 41.3 Å². The minimum atomic E-state index is -0.433. The fourth-order valence-corrected chi connectivity index (χ4v) is 4.20. The zero-order valence-corrected chi connectivity index (χ0v) is 19.0. The van der Waals surface area contributed by atoms with Crippen LogP contribution < -0.4 is 22.5 Å². The molecule has 174 valence electrons. The third-order valence-electron chi connectivity index (χ3n) is 6.20. The number of piperidine rings is 1. The molecule has 0 bridgehead atoms. The Morgan fingerprint density at radius 1 is 1.09 bits per heavy atom. The number of nitrogens with one attached hydrogen (secondary N) is 1. The lowest BCUT2D eigenvalue weighted by Crippen LogP contribution is -2.39. The van der Waals surface area contributed by atoms with E-state index in [4.69, 9.17) is 11.5 Å². The molecule has 2 aliphatic rings. The maximum Gasteiger partial charge on any atom is 0.354 e. The van der Waals surface area contributed by atoms with Crippen molar-refractivity contribution in [2.24, 2.45) is 17.4 Å². The standard InChI is InChI=1S/C22H31N7O2.ClH/c23-13-17-5-11-28(15-17)21(30)25-20-8-12-29(22(31)26-20)19-3-1-16(2-4-19)14-27-9-6-18(24)7-10-27;/h1-4,8,12,17-18H,5-7,9-11,13-15,23-24H2,(H,25,26,30,31);1H/t17-;/m1./s1. The number of amides is 2. The zero-order chi connectivity index (χ0) is 21.8. The van der Waals surface area contributed by atoms with Gasteiger partial charge in [-0.25, -0.2) is 9.59 Å². The van der Waals surface area contributed by atoms with Gasteiger partial charge in [-0.15, -0.1) is 12.4 Å². The van der Waals surface area contributed by atoms with E-state index in [1.165, 1.54) is 10.1 Å². The molecule has 9 nitrogen and oxygen atoms in total. The number of carbonyl (C=O) groups excluding carboxylic acids is 1. The molecule has 2 aliphatic heterocycles. The second-order valence-corrected chi connectivity index (χ2v) is 8.51. The van der Waals surface area contributed by atoms with Gasteiger partial charge < -0.3 is 16.4 Å². The van der Waals surface area contributed by atoms with Crippen molar-refractivity contribution in [1.82, 2.24) is 19.4 Å². The highest BCUT2D eigenvalue weighted by Crippen LogP contribution is 2.17. The Bertz CT molecular complexity index is 957. The van der Waals surface area contributed by atoms with Gasteiger partial charge in [0.15, 0.2) is 0 Å². The van der Waals surface area contributed by atoms with E-state index >= 15 is 0 Å². The summed E-state index contributed by atoms with van der Waals surface area (Å²) in [5, 5.41) is 2.71. The van der Waals surface area contributed by atoms with E-state index in [2.05, 4.69) is 15.2 Å². The average molecular weight is 462 g/mol. The second kappa shape index (κ2) is 10.9. The number of anilines is 1. The van der Waals surface area contributed by atoms with E-state index in [0.29, 0.717) is 31.6 Å². The van der Waals surface area contributed by atoms with E-state index < -0.39 is 5.69 Å². The quantitative estimate of drug-likeness (QED) is 0.618. The average Bonchev–Trinajstić information content (AvgIpc) is 3.26. The molecule has 4 rings (SSSR count). The number of urea groups is 1. The molecule has 1 aromatic heterocycles. The normalized spacial score (nSPS) is 19.6. The topological polar surface area (TPSA) is 123 Å². The van der Waals surface area contributed by atoms with Crippen LogP contribution in [-0.2, 0) is 6.54 Å². The highest BCUT2D eigenvalue weighted by molar-refractivity contribution is 5.88. The summed E-state index contributed by atoms with van der Waals surface area (Å²) in [6, 6.07) is 9.63. The van der Waals surface area contributed by atoms with Gasteiger partial charge in [-0.2, -0.15) is 4.98 Å². The van der Waals surface area contributed by atoms with E-state index in [-0.39, 0.29) is 24.3 Å². The van der Waals surface area contributed by atoms with Gasteiger partial charge in [-0.05, 0) is 68.6 Å². The highest BCUT2D eigenvalue weighted by Gasteiger charge is 2.25. The number of carbonyl (C=O) groups is 1. The van der Waals surface area contributed by atoms with Gasteiger partial charge in [0.25, 0.3) is 0 Å². The molecule has 2 aromatic rings. The summed E-state index contributed by atoms with van der Waals surface area (Å²) < 4.78 is 1.47. The minimum absolute atomic E-state index is 0. The van der Waals surface area contributed by atoms with Crippen LogP contribution in [0.5, 0.6) is 0 Å². The first-order valence-corrected chi connectivity index (χ1v) is 10.9. The third kappa shape index (κ3) is 5.86. The minimum Gasteiger partial charge on any atom is -0.330 e. The van der Waals surface area contributed by atoms with Crippen LogP contribution >= 0.6 is 12.4 Å². The van der Waals surface area contributed by atoms with Crippen LogP contribution in [0.4, 0.5) is 10.6 Å². The number of benzene rings is 1. The van der Waals surface area contributed by atoms with Crippen LogP contribution in [0.3, 0.4) is 0 Å². The number of likely N-dealkylation sites (tertiary alicyclic amines) is 2. The van der Waals surface area contributed by atoms with Crippen LogP contribution in [-0.4, -0.2) is 64.1 Å². The van der Waals surface area contributed by atoms with Crippen LogP contribution in [0.25, 0.3) is 5.69 Å². The highest BCUT2D eigenvalue weighted by atomic mass is 35.5. The smallest absolute Gasteiger partial charge is 0.330 e. The van der Waals surface area contributed by atoms with Gasteiger partial charge in [0, 0.05) is 31.9 Å². The van der Waals surface area contributed by atoms with E-state index in [9.17, 15) is 9.59 Å². The Morgan fingerprint density at radius 2 is 1.81 bits per heavy atom. The monoisotopic (exact) mass is 461 g/mol. The van der Waals surface area contributed by atoms with Gasteiger partial charge in [-0.3, -0.25) is 14.8 Å². The molecule has 2 fully saturated rings. The molecular weight excluding hydrogens is 430 g/mol. The maximum absolute atomic E-state index is 12.5. The fourth-order valence-electron chi connectivity index (χ4n) is 4.20. The summed E-state index contributed by atoms with van der Waals surface area (Å²) in [7, 11) is 0. The summed E-state index contributed by atoms with van der Waals surface area (Å²) in [6.45, 7) is 4.79. The van der Waals surface area contributed by atoms with Crippen molar-refractivity contribution in [3.63, 3.8) is 0 Å². The lowest BCUT2D eigenvalue weighted by Gasteiger charge is -2.30. The van der Waals surface area contributed by atoms with Crippen molar-refractivity contribution in [1.29, 1.82) is 0 Å². The number of aromatic nitrogens is 2. The first-order chi connectivity index (χ1) is 15.0. The third-order valence-corrected chi connectivity index (χ3v) is 6.20. The van der Waals surface area contributed by atoms with Crippen LogP contribution in [0, 0.1) is 5.92 Å². The Balaban J connectivity index is 0.00000289. The van der Waals surface area contributed by atoms with E-state index in [1.54, 1.807) is 17.2 Å². The molecule has 0 radical (unpaired) electrons. The molecule has 2 saturated heterocycles. The molecule has 2 amide bonds. The van der Waals surface area contributed by atoms with Gasteiger partial charge >= 0.3 is 11.7 Å². The van der Waals surface area contributed by atoms with Crippen LogP contribution in [0.2, 0.25) is 0 Å². The Kier molecular flexibility index (Phi) is 8.25. The molecule has 1 atom stereocenters. The molecule has 1 aromatic carbocycles. The zero-order valence-electron chi connectivity index (χ0n) is 18.2. The number of nitrogens with zero attached hydrogens (tertiary/aromatic N) is 4. The summed E-state index contributed by atoms with van der Waals surface area (Å²) in [5.41, 5.74) is 13.2. The van der Waals surface area contributed by atoms with Crippen molar-refractivity contribution in [2.45, 2.75) is 31.8 Å². The second-order valence-electron chi connectivity index (χ2n) is 8.51. The maximum atomic E-state index is 12.5. The first kappa shape index (κ1) is 24.2. The summed E-state index contributed by atoms with van der Waals surface area (Å²) in [6.07, 6.45) is 4.61. The summed E-state index contributed by atoms with van der Waals surface area (Å²) in [4.78, 5) is 33.0. The van der Waals surface area contributed by atoms with Crippen molar-refractivity contribution in [3.8, 4) is 5.69 Å². The Hall–Kier alpha value is -2.46. The number of hydrogen-bond acceptors (Lipinski definition) is 6. The van der Waals surface area contributed by atoms with Crippen molar-refractivity contribution in [3.05, 3.63) is 52.6 Å². The predicted octanol–water partition coefficient (Wildman–Crippen LogP) is 1.39. The van der Waals surface area contributed by atoms with Gasteiger partial charge in [0.05, 0.1) is 5.69 Å². The van der Waals surface area contributed by atoms with E-state index in [0.717, 1.165) is 44.6 Å². The van der Waals surface area contributed by atoms with Gasteiger partial charge in [0.2, 0.25) is 0 Å². The molecule has 32 heavy (non-hydrogen) atoms.